The van der Waals surface area contributed by atoms with Gasteiger partial charge in [-0.2, -0.15) is 0 Å². The highest BCUT2D eigenvalue weighted by Crippen LogP contribution is 2.17. The van der Waals surface area contributed by atoms with Crippen molar-refractivity contribution in [3.8, 4) is 0 Å². The number of fused-ring (bicyclic) bond motifs is 1. The zero-order valence-electron chi connectivity index (χ0n) is 9.50. The van der Waals surface area contributed by atoms with E-state index in [4.69, 9.17) is 0 Å². The van der Waals surface area contributed by atoms with Crippen molar-refractivity contribution < 1.29 is 4.21 Å². The van der Waals surface area contributed by atoms with Gasteiger partial charge in [-0.1, -0.05) is 6.07 Å². The van der Waals surface area contributed by atoms with Crippen molar-refractivity contribution in [2.24, 2.45) is 0 Å². The van der Waals surface area contributed by atoms with Crippen LogP contribution in [-0.2, 0) is 10.8 Å². The van der Waals surface area contributed by atoms with Gasteiger partial charge in [0, 0.05) is 40.7 Å². The number of imidazole rings is 1. The van der Waals surface area contributed by atoms with E-state index in [2.05, 4.69) is 16.4 Å². The lowest BCUT2D eigenvalue weighted by molar-refractivity contribution is 0.622. The summed E-state index contributed by atoms with van der Waals surface area (Å²) in [4.78, 5) is 4.26. The van der Waals surface area contributed by atoms with Crippen LogP contribution in [0.25, 0.3) is 5.65 Å². The Morgan fingerprint density at radius 1 is 1.35 bits per heavy atom. The molecule has 1 aliphatic rings. The van der Waals surface area contributed by atoms with Crippen molar-refractivity contribution in [1.82, 2.24) is 9.38 Å². The summed E-state index contributed by atoms with van der Waals surface area (Å²) in [6.45, 7) is 0. The molecule has 0 aliphatic carbocycles. The molecule has 2 aromatic rings. The van der Waals surface area contributed by atoms with Gasteiger partial charge in [-0.15, -0.1) is 0 Å². The molecule has 0 atom stereocenters. The van der Waals surface area contributed by atoms with Gasteiger partial charge in [0.25, 0.3) is 0 Å². The second-order valence-electron chi connectivity index (χ2n) is 4.33. The summed E-state index contributed by atoms with van der Waals surface area (Å²) in [6.07, 6.45) is 5.73. The van der Waals surface area contributed by atoms with Gasteiger partial charge in [-0.3, -0.25) is 8.61 Å². The van der Waals surface area contributed by atoms with Crippen LogP contribution in [-0.4, -0.2) is 31.1 Å². The standard InChI is InChI=1S/C12H15N3OS/c16-17-8-4-10(5-9-17)14-12-3-1-2-11-13-6-7-15(11)12/h1-3,6-7,10,14H,4-5,8-9H2. The first-order valence-electron chi connectivity index (χ1n) is 5.86. The molecule has 1 aliphatic heterocycles. The molecule has 0 saturated carbocycles. The van der Waals surface area contributed by atoms with Gasteiger partial charge in [0.05, 0.1) is 0 Å². The maximum atomic E-state index is 11.3. The topological polar surface area (TPSA) is 46.4 Å². The average molecular weight is 249 g/mol. The second-order valence-corrected chi connectivity index (χ2v) is 6.03. The first-order chi connectivity index (χ1) is 8.33. The Morgan fingerprint density at radius 2 is 2.18 bits per heavy atom. The molecule has 2 aromatic heterocycles. The van der Waals surface area contributed by atoms with Gasteiger partial charge < -0.3 is 5.32 Å². The Balaban J connectivity index is 1.80. The Kier molecular flexibility index (Phi) is 2.84. The van der Waals surface area contributed by atoms with E-state index in [1.165, 1.54) is 0 Å². The number of rotatable bonds is 2. The van der Waals surface area contributed by atoms with Gasteiger partial charge in [0.2, 0.25) is 0 Å². The fourth-order valence-electron chi connectivity index (χ4n) is 2.21. The van der Waals surface area contributed by atoms with Gasteiger partial charge in [-0.05, 0) is 25.0 Å². The van der Waals surface area contributed by atoms with E-state index in [-0.39, 0.29) is 0 Å². The summed E-state index contributed by atoms with van der Waals surface area (Å²) >= 11 is 0. The first-order valence-corrected chi connectivity index (χ1v) is 7.35. The normalized spacial score (nSPS) is 24.9. The van der Waals surface area contributed by atoms with Crippen LogP contribution in [0.3, 0.4) is 0 Å². The van der Waals surface area contributed by atoms with Gasteiger partial charge in [-0.25, -0.2) is 4.98 Å². The minimum Gasteiger partial charge on any atom is -0.368 e. The summed E-state index contributed by atoms with van der Waals surface area (Å²) in [5.74, 6) is 2.70. The number of anilines is 1. The molecule has 0 unspecified atom stereocenters. The number of aromatic nitrogens is 2. The van der Waals surface area contributed by atoms with Crippen LogP contribution in [0.1, 0.15) is 12.8 Å². The molecule has 0 spiro atoms. The largest absolute Gasteiger partial charge is 0.368 e. The fraction of sp³-hybridized carbons (Fsp3) is 0.417. The van der Waals surface area contributed by atoms with Crippen molar-refractivity contribution >= 4 is 22.3 Å². The lowest BCUT2D eigenvalue weighted by Crippen LogP contribution is -2.30. The number of pyridine rings is 1. The van der Waals surface area contributed by atoms with Crippen LogP contribution >= 0.6 is 0 Å². The highest BCUT2D eigenvalue weighted by atomic mass is 32.2. The fourth-order valence-corrected chi connectivity index (χ4v) is 3.51. The molecular formula is C12H15N3OS. The molecule has 17 heavy (non-hydrogen) atoms. The third-order valence-corrected chi connectivity index (χ3v) is 4.55. The third kappa shape index (κ3) is 2.20. The van der Waals surface area contributed by atoms with E-state index < -0.39 is 10.8 Å². The Hall–Kier alpha value is -1.36. The zero-order chi connectivity index (χ0) is 11.7. The summed E-state index contributed by atoms with van der Waals surface area (Å²) in [5.41, 5.74) is 0.953. The van der Waals surface area contributed by atoms with Gasteiger partial charge in [0.15, 0.2) is 0 Å². The van der Waals surface area contributed by atoms with Crippen LogP contribution in [0.2, 0.25) is 0 Å². The van der Waals surface area contributed by atoms with Crippen molar-refractivity contribution in [2.45, 2.75) is 18.9 Å². The van der Waals surface area contributed by atoms with E-state index in [0.717, 1.165) is 35.8 Å². The molecule has 90 valence electrons. The molecule has 3 rings (SSSR count). The van der Waals surface area contributed by atoms with Crippen molar-refractivity contribution in [3.63, 3.8) is 0 Å². The SMILES string of the molecule is O=S1CCC(Nc2cccc3nccn23)CC1. The molecule has 0 aromatic carbocycles. The Morgan fingerprint density at radius 3 is 3.00 bits per heavy atom. The van der Waals surface area contributed by atoms with Gasteiger partial charge in [0.1, 0.15) is 11.5 Å². The van der Waals surface area contributed by atoms with Crippen LogP contribution < -0.4 is 5.32 Å². The number of nitrogens with zero attached hydrogens (tertiary/aromatic N) is 2. The molecule has 0 amide bonds. The number of hydrogen-bond donors (Lipinski definition) is 1. The van der Waals surface area contributed by atoms with Crippen LogP contribution in [0.5, 0.6) is 0 Å². The summed E-state index contributed by atoms with van der Waals surface area (Å²) in [7, 11) is -0.597. The van der Waals surface area contributed by atoms with Crippen molar-refractivity contribution in [1.29, 1.82) is 0 Å². The molecular weight excluding hydrogens is 234 g/mol. The quantitative estimate of drug-likeness (QED) is 0.880. The maximum absolute atomic E-state index is 11.3. The van der Waals surface area contributed by atoms with E-state index in [9.17, 15) is 4.21 Å². The Labute approximate surface area is 103 Å². The van der Waals surface area contributed by atoms with E-state index in [0.29, 0.717) is 6.04 Å². The van der Waals surface area contributed by atoms with E-state index in [1.807, 2.05) is 22.7 Å². The van der Waals surface area contributed by atoms with Gasteiger partial charge >= 0.3 is 0 Å². The minimum absolute atomic E-state index is 0.431. The van der Waals surface area contributed by atoms with Crippen molar-refractivity contribution in [3.05, 3.63) is 30.6 Å². The van der Waals surface area contributed by atoms with Crippen LogP contribution in [0.4, 0.5) is 5.82 Å². The lowest BCUT2D eigenvalue weighted by Gasteiger charge is -2.23. The monoisotopic (exact) mass is 249 g/mol. The van der Waals surface area contributed by atoms with Crippen molar-refractivity contribution in [2.75, 3.05) is 16.8 Å². The zero-order valence-corrected chi connectivity index (χ0v) is 10.3. The number of hydrogen-bond acceptors (Lipinski definition) is 3. The smallest absolute Gasteiger partial charge is 0.138 e. The predicted octanol–water partition coefficient (Wildman–Crippen LogP) is 1.66. The second kappa shape index (κ2) is 4.49. The summed E-state index contributed by atoms with van der Waals surface area (Å²) in [5, 5.41) is 3.52. The molecule has 1 fully saturated rings. The number of nitrogens with one attached hydrogen (secondary N) is 1. The molecule has 3 heterocycles. The highest BCUT2D eigenvalue weighted by Gasteiger charge is 2.18. The summed E-state index contributed by atoms with van der Waals surface area (Å²) < 4.78 is 13.3. The molecule has 0 bridgehead atoms. The molecule has 1 N–H and O–H groups in total. The molecule has 0 radical (unpaired) electrons. The van der Waals surface area contributed by atoms with E-state index in [1.54, 1.807) is 6.20 Å². The van der Waals surface area contributed by atoms with Crippen LogP contribution in [0, 0.1) is 0 Å². The predicted molar refractivity (Wildman–Crippen MR) is 69.7 cm³/mol. The third-order valence-electron chi connectivity index (χ3n) is 3.17. The maximum Gasteiger partial charge on any atom is 0.138 e. The Bertz CT molecular complexity index is 541. The minimum atomic E-state index is -0.597. The molecule has 4 nitrogen and oxygen atoms in total. The molecule has 5 heteroatoms. The highest BCUT2D eigenvalue weighted by molar-refractivity contribution is 7.85. The average Bonchev–Trinajstić information content (AvgIpc) is 2.81. The van der Waals surface area contributed by atoms with E-state index >= 15 is 0 Å². The van der Waals surface area contributed by atoms with Crippen LogP contribution in [0.15, 0.2) is 30.6 Å². The molecule has 1 saturated heterocycles. The lowest BCUT2D eigenvalue weighted by atomic mass is 10.1. The first kappa shape index (κ1) is 10.8. The summed E-state index contributed by atoms with van der Waals surface area (Å²) in [6, 6.07) is 6.48.